The Balaban J connectivity index is 2.33. The van der Waals surface area contributed by atoms with Gasteiger partial charge >= 0.3 is 0 Å². The molecule has 122 valence electrons. The van der Waals surface area contributed by atoms with E-state index in [1.54, 1.807) is 0 Å². The van der Waals surface area contributed by atoms with Crippen LogP contribution in [0, 0.1) is 11.7 Å². The van der Waals surface area contributed by atoms with Gasteiger partial charge in [0.2, 0.25) is 0 Å². The highest BCUT2D eigenvalue weighted by molar-refractivity contribution is 5.90. The Kier molecular flexibility index (Phi) is 5.46. The number of hydrogen-bond donors (Lipinski definition) is 2. The van der Waals surface area contributed by atoms with Crippen LogP contribution in [0.4, 0.5) is 4.39 Å². The summed E-state index contributed by atoms with van der Waals surface area (Å²) in [6.45, 7) is 10.5. The average molecular weight is 306 g/mol. The van der Waals surface area contributed by atoms with Gasteiger partial charge in [0.1, 0.15) is 11.6 Å². The first-order valence-corrected chi connectivity index (χ1v) is 8.16. The molecule has 0 aliphatic heterocycles. The Morgan fingerprint density at radius 2 is 2.00 bits per heavy atom. The Hall–Kier alpha value is -1.55. The number of aromatic hydroxyl groups is 1. The van der Waals surface area contributed by atoms with Gasteiger partial charge in [-0.3, -0.25) is 0 Å². The summed E-state index contributed by atoms with van der Waals surface area (Å²) in [5.41, 5.74) is 1.86. The molecule has 2 rings (SSSR count). The van der Waals surface area contributed by atoms with Crippen molar-refractivity contribution in [3.63, 3.8) is 0 Å². The quantitative estimate of drug-likeness (QED) is 0.751. The zero-order valence-corrected chi connectivity index (χ0v) is 14.0. The summed E-state index contributed by atoms with van der Waals surface area (Å²) >= 11 is 0. The maximum atomic E-state index is 13.6. The molecule has 0 bridgehead atoms. The van der Waals surface area contributed by atoms with Crippen LogP contribution in [0.2, 0.25) is 0 Å². The van der Waals surface area contributed by atoms with Gasteiger partial charge in [-0.15, -0.1) is 0 Å². The molecule has 0 fully saturated rings. The maximum Gasteiger partial charge on any atom is 0.129 e. The zero-order chi connectivity index (χ0) is 16.3. The minimum Gasteiger partial charge on any atom is -0.507 e. The van der Waals surface area contributed by atoms with Gasteiger partial charge in [0.05, 0.1) is 5.52 Å². The van der Waals surface area contributed by atoms with Crippen LogP contribution in [0.1, 0.15) is 45.7 Å². The lowest BCUT2D eigenvalue weighted by molar-refractivity contribution is 0.474. The van der Waals surface area contributed by atoms with Crippen LogP contribution in [-0.2, 0) is 6.42 Å². The molecule has 0 radical (unpaired) electrons. The predicted molar refractivity (Wildman–Crippen MR) is 90.0 cm³/mol. The van der Waals surface area contributed by atoms with Crippen LogP contribution >= 0.6 is 0 Å². The number of halogens is 1. The van der Waals surface area contributed by atoms with Gasteiger partial charge in [-0.2, -0.15) is 0 Å². The normalized spacial score (nSPS) is 13.2. The second kappa shape index (κ2) is 7.14. The van der Waals surface area contributed by atoms with E-state index in [1.165, 1.54) is 12.1 Å². The smallest absolute Gasteiger partial charge is 0.129 e. The van der Waals surface area contributed by atoms with E-state index in [-0.39, 0.29) is 11.8 Å². The van der Waals surface area contributed by atoms with E-state index in [0.717, 1.165) is 42.4 Å². The molecule has 0 spiro atoms. The van der Waals surface area contributed by atoms with Crippen LogP contribution in [0.15, 0.2) is 18.3 Å². The largest absolute Gasteiger partial charge is 0.507 e. The minimum absolute atomic E-state index is 0.0399. The molecule has 2 N–H and O–H groups in total. The Labute approximate surface area is 132 Å². The first-order valence-electron chi connectivity index (χ1n) is 8.16. The molecule has 1 aromatic carbocycles. The fraction of sp³-hybridized carbons (Fsp3) is 0.556. The minimum atomic E-state index is -0.394. The van der Waals surface area contributed by atoms with Crippen molar-refractivity contribution in [1.82, 2.24) is 9.88 Å². The highest BCUT2D eigenvalue weighted by Gasteiger charge is 2.17. The second-order valence-corrected chi connectivity index (χ2v) is 6.49. The highest BCUT2D eigenvalue weighted by atomic mass is 19.1. The molecule has 0 aliphatic rings. The van der Waals surface area contributed by atoms with Crippen molar-refractivity contribution in [3.05, 3.63) is 29.7 Å². The van der Waals surface area contributed by atoms with E-state index < -0.39 is 5.82 Å². The number of rotatable bonds is 7. The molecular formula is C18H27FN2O. The molecule has 2 aromatic rings. The number of fused-ring (bicyclic) bond motifs is 1. The SMILES string of the molecule is CCCNC[C@@H](C)Cc1cn(C(C)C)c2cc(F)cc(O)c12. The molecule has 0 saturated carbocycles. The third kappa shape index (κ3) is 3.61. The van der Waals surface area contributed by atoms with Crippen LogP contribution in [0.25, 0.3) is 10.9 Å². The van der Waals surface area contributed by atoms with Crippen LogP contribution in [0.5, 0.6) is 5.75 Å². The third-order valence-electron chi connectivity index (χ3n) is 4.00. The Bertz CT molecular complexity index is 634. The molecule has 3 nitrogen and oxygen atoms in total. The zero-order valence-electron chi connectivity index (χ0n) is 14.0. The van der Waals surface area contributed by atoms with E-state index in [9.17, 15) is 9.50 Å². The standard InChI is InChI=1S/C18H27FN2O/c1-5-6-20-10-13(4)7-14-11-21(12(2)3)16-8-15(19)9-17(22)18(14)16/h8-9,11-13,20,22H,5-7,10H2,1-4H3/t13-/m0/s1. The molecule has 1 atom stereocenters. The lowest BCUT2D eigenvalue weighted by atomic mass is 10.00. The molecular weight excluding hydrogens is 279 g/mol. The predicted octanol–water partition coefficient (Wildman–Crippen LogP) is 4.25. The number of hydrogen-bond acceptors (Lipinski definition) is 2. The lowest BCUT2D eigenvalue weighted by Crippen LogP contribution is -2.23. The van der Waals surface area contributed by atoms with Crippen molar-refractivity contribution in [3.8, 4) is 5.75 Å². The molecule has 0 amide bonds. The van der Waals surface area contributed by atoms with Gasteiger partial charge in [-0.25, -0.2) is 4.39 Å². The topological polar surface area (TPSA) is 37.2 Å². The molecule has 1 aromatic heterocycles. The third-order valence-corrected chi connectivity index (χ3v) is 4.00. The van der Waals surface area contributed by atoms with Crippen molar-refractivity contribution < 1.29 is 9.50 Å². The van der Waals surface area contributed by atoms with Crippen molar-refractivity contribution in [1.29, 1.82) is 0 Å². The molecule has 1 heterocycles. The molecule has 0 unspecified atom stereocenters. The number of phenolic OH excluding ortho intramolecular Hbond substituents is 1. The van der Waals surface area contributed by atoms with E-state index in [4.69, 9.17) is 0 Å². The summed E-state index contributed by atoms with van der Waals surface area (Å²) < 4.78 is 15.7. The Morgan fingerprint density at radius 1 is 1.27 bits per heavy atom. The van der Waals surface area contributed by atoms with Crippen molar-refractivity contribution in [2.75, 3.05) is 13.1 Å². The summed E-state index contributed by atoms with van der Waals surface area (Å²) in [6.07, 6.45) is 4.05. The highest BCUT2D eigenvalue weighted by Crippen LogP contribution is 2.34. The fourth-order valence-corrected chi connectivity index (χ4v) is 2.97. The van der Waals surface area contributed by atoms with Crippen molar-refractivity contribution in [2.45, 2.75) is 46.6 Å². The van der Waals surface area contributed by atoms with Gasteiger partial charge in [0.15, 0.2) is 0 Å². The number of phenols is 1. The maximum absolute atomic E-state index is 13.6. The second-order valence-electron chi connectivity index (χ2n) is 6.49. The first kappa shape index (κ1) is 16.8. The van der Waals surface area contributed by atoms with Crippen molar-refractivity contribution >= 4 is 10.9 Å². The summed E-state index contributed by atoms with van der Waals surface area (Å²) in [6, 6.07) is 2.95. The lowest BCUT2D eigenvalue weighted by Gasteiger charge is -2.12. The van der Waals surface area contributed by atoms with Crippen LogP contribution in [-0.4, -0.2) is 22.8 Å². The van der Waals surface area contributed by atoms with Crippen LogP contribution in [0.3, 0.4) is 0 Å². The number of aromatic nitrogens is 1. The molecule has 22 heavy (non-hydrogen) atoms. The van der Waals surface area contributed by atoms with E-state index in [2.05, 4.69) is 39.2 Å². The Morgan fingerprint density at radius 3 is 2.64 bits per heavy atom. The van der Waals surface area contributed by atoms with E-state index in [1.807, 2.05) is 4.57 Å². The van der Waals surface area contributed by atoms with Gasteiger partial charge in [0, 0.05) is 23.7 Å². The van der Waals surface area contributed by atoms with Crippen molar-refractivity contribution in [2.24, 2.45) is 5.92 Å². The summed E-state index contributed by atoms with van der Waals surface area (Å²) in [4.78, 5) is 0. The monoisotopic (exact) mass is 306 g/mol. The van der Waals surface area contributed by atoms with Crippen LogP contribution < -0.4 is 5.32 Å². The fourth-order valence-electron chi connectivity index (χ4n) is 2.97. The summed E-state index contributed by atoms with van der Waals surface area (Å²) in [5.74, 6) is 0.106. The molecule has 4 heteroatoms. The number of benzene rings is 1. The van der Waals surface area contributed by atoms with E-state index >= 15 is 0 Å². The van der Waals surface area contributed by atoms with Gasteiger partial charge in [-0.05, 0) is 57.3 Å². The first-order chi connectivity index (χ1) is 10.4. The molecule has 0 saturated heterocycles. The van der Waals surface area contributed by atoms with Gasteiger partial charge in [0.25, 0.3) is 0 Å². The average Bonchev–Trinajstić information content (AvgIpc) is 2.77. The summed E-state index contributed by atoms with van der Waals surface area (Å²) in [5, 5.41) is 14.4. The summed E-state index contributed by atoms with van der Waals surface area (Å²) in [7, 11) is 0. The van der Waals surface area contributed by atoms with E-state index in [0.29, 0.717) is 5.92 Å². The number of nitrogens with one attached hydrogen (secondary N) is 1. The number of nitrogens with zero attached hydrogens (tertiary/aromatic N) is 1. The molecule has 0 aliphatic carbocycles. The van der Waals surface area contributed by atoms with Gasteiger partial charge in [-0.1, -0.05) is 13.8 Å². The van der Waals surface area contributed by atoms with Gasteiger partial charge < -0.3 is 15.0 Å².